The summed E-state index contributed by atoms with van der Waals surface area (Å²) < 4.78 is 5.66. The molecule has 0 heterocycles. The second-order valence-corrected chi connectivity index (χ2v) is 4.07. The van der Waals surface area contributed by atoms with Gasteiger partial charge in [-0.25, -0.2) is 0 Å². The van der Waals surface area contributed by atoms with Gasteiger partial charge in [-0.3, -0.25) is 0 Å². The van der Waals surface area contributed by atoms with Crippen LogP contribution in [0.15, 0.2) is 30.3 Å². The van der Waals surface area contributed by atoms with Crippen molar-refractivity contribution < 1.29 is 4.74 Å². The monoisotopic (exact) mass is 176 g/mol. The average molecular weight is 176 g/mol. The van der Waals surface area contributed by atoms with Crippen LogP contribution in [0.5, 0.6) is 5.75 Å². The predicted octanol–water partition coefficient (Wildman–Crippen LogP) is 3.11. The van der Waals surface area contributed by atoms with E-state index in [1.165, 1.54) is 12.8 Å². The van der Waals surface area contributed by atoms with Crippen LogP contribution < -0.4 is 4.74 Å². The van der Waals surface area contributed by atoms with Crippen LogP contribution in [0.3, 0.4) is 0 Å². The van der Waals surface area contributed by atoms with Gasteiger partial charge >= 0.3 is 0 Å². The molecule has 0 atom stereocenters. The van der Waals surface area contributed by atoms with Gasteiger partial charge in [0.05, 0.1) is 6.61 Å². The smallest absolute Gasteiger partial charge is 0.119 e. The maximum Gasteiger partial charge on any atom is 0.119 e. The highest BCUT2D eigenvalue weighted by atomic mass is 16.5. The Morgan fingerprint density at radius 1 is 1.23 bits per heavy atom. The predicted molar refractivity (Wildman–Crippen MR) is 53.8 cm³/mol. The van der Waals surface area contributed by atoms with Crippen molar-refractivity contribution in [3.8, 4) is 5.75 Å². The lowest BCUT2D eigenvalue weighted by atomic mass is 9.77. The van der Waals surface area contributed by atoms with E-state index in [2.05, 4.69) is 6.92 Å². The van der Waals surface area contributed by atoms with Crippen molar-refractivity contribution in [1.29, 1.82) is 0 Å². The fraction of sp³-hybridized carbons (Fsp3) is 0.500. The normalized spacial score (nSPS) is 26.5. The van der Waals surface area contributed by atoms with E-state index >= 15 is 0 Å². The van der Waals surface area contributed by atoms with Crippen LogP contribution in [0.4, 0.5) is 0 Å². The van der Waals surface area contributed by atoms with Crippen molar-refractivity contribution in [3.63, 3.8) is 0 Å². The highest BCUT2D eigenvalue weighted by Crippen LogP contribution is 2.33. The number of hydrogen-bond acceptors (Lipinski definition) is 1. The van der Waals surface area contributed by atoms with E-state index in [1.54, 1.807) is 0 Å². The third-order valence-electron chi connectivity index (χ3n) is 2.70. The van der Waals surface area contributed by atoms with Gasteiger partial charge in [0.15, 0.2) is 0 Å². The molecule has 1 aliphatic rings. The number of benzene rings is 1. The van der Waals surface area contributed by atoms with Crippen molar-refractivity contribution in [2.24, 2.45) is 11.8 Å². The molecule has 13 heavy (non-hydrogen) atoms. The molecule has 1 saturated carbocycles. The molecule has 0 N–H and O–H groups in total. The first-order valence-corrected chi connectivity index (χ1v) is 5.02. The van der Waals surface area contributed by atoms with Crippen LogP contribution >= 0.6 is 0 Å². The average Bonchev–Trinajstić information content (AvgIpc) is 2.12. The van der Waals surface area contributed by atoms with E-state index in [4.69, 9.17) is 4.74 Å². The fourth-order valence-electron chi connectivity index (χ4n) is 1.94. The number of rotatable bonds is 3. The van der Waals surface area contributed by atoms with Gasteiger partial charge < -0.3 is 4.74 Å². The molecule has 0 aliphatic heterocycles. The van der Waals surface area contributed by atoms with E-state index in [0.717, 1.165) is 24.2 Å². The maximum absolute atomic E-state index is 5.66. The van der Waals surface area contributed by atoms with E-state index in [9.17, 15) is 0 Å². The van der Waals surface area contributed by atoms with Gasteiger partial charge in [0.1, 0.15) is 5.75 Å². The highest BCUT2D eigenvalue weighted by Gasteiger charge is 2.25. The summed E-state index contributed by atoms with van der Waals surface area (Å²) in [5.41, 5.74) is 0. The minimum Gasteiger partial charge on any atom is -0.493 e. The summed E-state index contributed by atoms with van der Waals surface area (Å²) in [6, 6.07) is 10.1. The molecule has 0 radical (unpaired) electrons. The van der Waals surface area contributed by atoms with E-state index in [0.29, 0.717) is 0 Å². The van der Waals surface area contributed by atoms with Gasteiger partial charge in [-0.1, -0.05) is 25.1 Å². The van der Waals surface area contributed by atoms with Gasteiger partial charge in [-0.2, -0.15) is 0 Å². The first-order chi connectivity index (χ1) is 6.34. The van der Waals surface area contributed by atoms with Crippen LogP contribution in [-0.2, 0) is 0 Å². The maximum atomic E-state index is 5.66. The third kappa shape index (κ3) is 2.24. The topological polar surface area (TPSA) is 9.23 Å². The van der Waals surface area contributed by atoms with Crippen LogP contribution in [0, 0.1) is 11.8 Å². The summed E-state index contributed by atoms with van der Waals surface area (Å²) in [4.78, 5) is 0. The second kappa shape index (κ2) is 3.82. The number of para-hydroxylation sites is 1. The molecule has 0 amide bonds. The van der Waals surface area contributed by atoms with E-state index in [-0.39, 0.29) is 0 Å². The van der Waals surface area contributed by atoms with Gasteiger partial charge in [-0.05, 0) is 36.8 Å². The molecule has 0 spiro atoms. The molecule has 1 aromatic carbocycles. The summed E-state index contributed by atoms with van der Waals surface area (Å²) >= 11 is 0. The Kier molecular flexibility index (Phi) is 2.53. The number of ether oxygens (including phenoxy) is 1. The summed E-state index contributed by atoms with van der Waals surface area (Å²) in [6.45, 7) is 3.20. The van der Waals surface area contributed by atoms with Crippen LogP contribution in [0.1, 0.15) is 19.8 Å². The molecular formula is C12H16O. The lowest BCUT2D eigenvalue weighted by Crippen LogP contribution is -2.26. The van der Waals surface area contributed by atoms with Crippen LogP contribution in [0.25, 0.3) is 0 Å². The summed E-state index contributed by atoms with van der Waals surface area (Å²) in [5.74, 6) is 2.72. The Morgan fingerprint density at radius 2 is 1.92 bits per heavy atom. The minimum absolute atomic E-state index is 0.801. The molecule has 0 aromatic heterocycles. The highest BCUT2D eigenvalue weighted by molar-refractivity contribution is 5.20. The minimum atomic E-state index is 0.801. The largest absolute Gasteiger partial charge is 0.493 e. The second-order valence-electron chi connectivity index (χ2n) is 4.07. The zero-order chi connectivity index (χ0) is 9.10. The molecule has 1 aliphatic carbocycles. The third-order valence-corrected chi connectivity index (χ3v) is 2.70. The lowest BCUT2D eigenvalue weighted by Gasteiger charge is -2.32. The Labute approximate surface area is 79.7 Å². The van der Waals surface area contributed by atoms with Crippen molar-refractivity contribution in [3.05, 3.63) is 30.3 Å². The van der Waals surface area contributed by atoms with Gasteiger partial charge in [0.2, 0.25) is 0 Å². The zero-order valence-electron chi connectivity index (χ0n) is 8.07. The van der Waals surface area contributed by atoms with Crippen molar-refractivity contribution in [1.82, 2.24) is 0 Å². The molecule has 2 rings (SSSR count). The molecule has 0 saturated heterocycles. The van der Waals surface area contributed by atoms with E-state index < -0.39 is 0 Å². The molecule has 0 unspecified atom stereocenters. The van der Waals surface area contributed by atoms with Crippen molar-refractivity contribution in [2.75, 3.05) is 6.61 Å². The van der Waals surface area contributed by atoms with Crippen molar-refractivity contribution >= 4 is 0 Å². The SMILES string of the molecule is CC1CC(COc2ccccc2)C1. The van der Waals surface area contributed by atoms with Crippen LogP contribution in [0.2, 0.25) is 0 Å². The quantitative estimate of drug-likeness (QED) is 0.687. The molecule has 1 heteroatoms. The van der Waals surface area contributed by atoms with Gasteiger partial charge in [-0.15, -0.1) is 0 Å². The van der Waals surface area contributed by atoms with Gasteiger partial charge in [0, 0.05) is 0 Å². The molecule has 0 bridgehead atoms. The first kappa shape index (κ1) is 8.61. The summed E-state index contributed by atoms with van der Waals surface area (Å²) in [6.07, 6.45) is 2.68. The summed E-state index contributed by atoms with van der Waals surface area (Å²) in [5, 5.41) is 0. The zero-order valence-corrected chi connectivity index (χ0v) is 8.07. The first-order valence-electron chi connectivity index (χ1n) is 5.02. The molecule has 1 aromatic rings. The lowest BCUT2D eigenvalue weighted by molar-refractivity contribution is 0.131. The Hall–Kier alpha value is -0.980. The Bertz CT molecular complexity index is 249. The standard InChI is InChI=1S/C12H16O/c1-10-7-11(8-10)9-13-12-5-3-2-4-6-12/h2-6,10-11H,7-9H2,1H3. The van der Waals surface area contributed by atoms with Crippen molar-refractivity contribution in [2.45, 2.75) is 19.8 Å². The van der Waals surface area contributed by atoms with Gasteiger partial charge in [0.25, 0.3) is 0 Å². The fourth-order valence-corrected chi connectivity index (χ4v) is 1.94. The molecule has 1 nitrogen and oxygen atoms in total. The molecular weight excluding hydrogens is 160 g/mol. The summed E-state index contributed by atoms with van der Waals surface area (Å²) in [7, 11) is 0. The van der Waals surface area contributed by atoms with E-state index in [1.807, 2.05) is 30.3 Å². The Morgan fingerprint density at radius 3 is 2.54 bits per heavy atom. The molecule has 1 fully saturated rings. The van der Waals surface area contributed by atoms with Crippen LogP contribution in [-0.4, -0.2) is 6.61 Å². The Balaban J connectivity index is 1.74. The molecule has 70 valence electrons. The number of hydrogen-bond donors (Lipinski definition) is 0.